The molecule has 0 aliphatic carbocycles. The summed E-state index contributed by atoms with van der Waals surface area (Å²) < 4.78 is 0. The highest BCUT2D eigenvalue weighted by molar-refractivity contribution is 5.92. The summed E-state index contributed by atoms with van der Waals surface area (Å²) in [5.74, 6) is -0.166. The first-order chi connectivity index (χ1) is 7.09. The van der Waals surface area contributed by atoms with Gasteiger partial charge in [-0.25, -0.2) is 0 Å². The molecule has 4 nitrogen and oxygen atoms in total. The van der Waals surface area contributed by atoms with E-state index in [1.807, 2.05) is 0 Å². The number of benzene rings is 1. The molecule has 0 saturated heterocycles. The van der Waals surface area contributed by atoms with Crippen molar-refractivity contribution in [1.29, 1.82) is 0 Å². The van der Waals surface area contributed by atoms with E-state index < -0.39 is 6.10 Å². The van der Waals surface area contributed by atoms with Gasteiger partial charge in [-0.2, -0.15) is 0 Å². The van der Waals surface area contributed by atoms with Gasteiger partial charge in [0.15, 0.2) is 0 Å². The van der Waals surface area contributed by atoms with Gasteiger partial charge in [-0.3, -0.25) is 4.79 Å². The number of aromatic hydroxyl groups is 1. The lowest BCUT2D eigenvalue weighted by molar-refractivity contribution is -0.116. The molecule has 0 heterocycles. The van der Waals surface area contributed by atoms with E-state index in [0.29, 0.717) is 12.1 Å². The first kappa shape index (κ1) is 11.5. The van der Waals surface area contributed by atoms with E-state index in [4.69, 9.17) is 5.11 Å². The number of carbonyl (C=O) groups excluding carboxylic acids is 1. The zero-order valence-corrected chi connectivity index (χ0v) is 8.60. The van der Waals surface area contributed by atoms with Gasteiger partial charge >= 0.3 is 0 Å². The quantitative estimate of drug-likeness (QED) is 0.658. The number of amides is 1. The molecule has 0 saturated carbocycles. The van der Waals surface area contributed by atoms with Gasteiger partial charge in [0.2, 0.25) is 5.91 Å². The van der Waals surface area contributed by atoms with Crippen LogP contribution in [0.15, 0.2) is 24.3 Å². The number of hydrogen-bond donors (Lipinski definition) is 3. The number of aliphatic hydroxyl groups excluding tert-OH is 1. The van der Waals surface area contributed by atoms with Gasteiger partial charge in [0.1, 0.15) is 5.75 Å². The molecule has 0 spiro atoms. The molecule has 15 heavy (non-hydrogen) atoms. The molecule has 0 aliphatic heterocycles. The van der Waals surface area contributed by atoms with Crippen LogP contribution in [0.2, 0.25) is 0 Å². The van der Waals surface area contributed by atoms with E-state index in [-0.39, 0.29) is 18.1 Å². The van der Waals surface area contributed by atoms with Gasteiger partial charge in [-0.05, 0) is 25.5 Å². The monoisotopic (exact) mass is 209 g/mol. The Bertz CT molecular complexity index is 336. The molecule has 3 N–H and O–H groups in total. The number of para-hydroxylation sites is 2. The minimum absolute atomic E-state index is 0.0443. The predicted molar refractivity (Wildman–Crippen MR) is 57.7 cm³/mol. The SMILES string of the molecule is CC(O)CCC(=O)Nc1ccccc1O. The minimum Gasteiger partial charge on any atom is -0.506 e. The van der Waals surface area contributed by atoms with Crippen molar-refractivity contribution in [2.75, 3.05) is 5.32 Å². The van der Waals surface area contributed by atoms with Crippen LogP contribution in [0.1, 0.15) is 19.8 Å². The molecule has 0 bridgehead atoms. The van der Waals surface area contributed by atoms with Crippen molar-refractivity contribution >= 4 is 11.6 Å². The van der Waals surface area contributed by atoms with Crippen molar-refractivity contribution in [3.05, 3.63) is 24.3 Å². The number of aliphatic hydroxyl groups is 1. The van der Waals surface area contributed by atoms with Crippen LogP contribution in [0, 0.1) is 0 Å². The van der Waals surface area contributed by atoms with Crippen LogP contribution in [0.5, 0.6) is 5.75 Å². The zero-order valence-electron chi connectivity index (χ0n) is 8.60. The molecule has 0 radical (unpaired) electrons. The van der Waals surface area contributed by atoms with E-state index in [1.165, 1.54) is 6.07 Å². The number of phenols is 1. The summed E-state index contributed by atoms with van der Waals surface area (Å²) in [4.78, 5) is 11.3. The standard InChI is InChI=1S/C11H15NO3/c1-8(13)6-7-11(15)12-9-4-2-3-5-10(9)14/h2-5,8,13-14H,6-7H2,1H3,(H,12,15). The molecule has 1 aromatic rings. The second-order valence-corrected chi connectivity index (χ2v) is 3.45. The highest BCUT2D eigenvalue weighted by Crippen LogP contribution is 2.21. The highest BCUT2D eigenvalue weighted by Gasteiger charge is 2.06. The molecule has 1 unspecified atom stereocenters. The second kappa shape index (κ2) is 5.36. The molecule has 1 aromatic carbocycles. The number of hydrogen-bond acceptors (Lipinski definition) is 3. The van der Waals surface area contributed by atoms with Gasteiger partial charge in [0.25, 0.3) is 0 Å². The molecule has 0 aliphatic rings. The molecule has 4 heteroatoms. The Hall–Kier alpha value is -1.55. The fourth-order valence-corrected chi connectivity index (χ4v) is 1.13. The van der Waals surface area contributed by atoms with Crippen LogP contribution in [-0.2, 0) is 4.79 Å². The number of rotatable bonds is 4. The summed E-state index contributed by atoms with van der Waals surface area (Å²) in [7, 11) is 0. The molecule has 1 amide bonds. The summed E-state index contributed by atoms with van der Waals surface area (Å²) >= 11 is 0. The third kappa shape index (κ3) is 3.99. The third-order valence-corrected chi connectivity index (χ3v) is 1.97. The van der Waals surface area contributed by atoms with E-state index in [2.05, 4.69) is 5.32 Å². The van der Waals surface area contributed by atoms with Crippen LogP contribution < -0.4 is 5.32 Å². The van der Waals surface area contributed by atoms with Crippen molar-refractivity contribution in [1.82, 2.24) is 0 Å². The van der Waals surface area contributed by atoms with Crippen LogP contribution in [0.4, 0.5) is 5.69 Å². The normalized spacial score (nSPS) is 12.1. The third-order valence-electron chi connectivity index (χ3n) is 1.97. The average molecular weight is 209 g/mol. The van der Waals surface area contributed by atoms with Crippen LogP contribution in [-0.4, -0.2) is 22.2 Å². The maximum atomic E-state index is 11.3. The Labute approximate surface area is 88.6 Å². The summed E-state index contributed by atoms with van der Waals surface area (Å²) in [6.45, 7) is 1.63. The Morgan fingerprint density at radius 2 is 2.13 bits per heavy atom. The minimum atomic E-state index is -0.486. The van der Waals surface area contributed by atoms with E-state index >= 15 is 0 Å². The molecule has 1 rings (SSSR count). The van der Waals surface area contributed by atoms with Crippen LogP contribution in [0.3, 0.4) is 0 Å². The first-order valence-corrected chi connectivity index (χ1v) is 4.85. The lowest BCUT2D eigenvalue weighted by Crippen LogP contribution is -2.14. The van der Waals surface area contributed by atoms with Crippen molar-refractivity contribution in [2.45, 2.75) is 25.9 Å². The van der Waals surface area contributed by atoms with Crippen LogP contribution in [0.25, 0.3) is 0 Å². The van der Waals surface area contributed by atoms with Crippen molar-refractivity contribution in [3.8, 4) is 5.75 Å². The second-order valence-electron chi connectivity index (χ2n) is 3.45. The Morgan fingerprint density at radius 3 is 2.73 bits per heavy atom. The smallest absolute Gasteiger partial charge is 0.224 e. The van der Waals surface area contributed by atoms with E-state index in [0.717, 1.165) is 0 Å². The topological polar surface area (TPSA) is 69.6 Å². The maximum Gasteiger partial charge on any atom is 0.224 e. The number of phenolic OH excluding ortho intramolecular Hbond substituents is 1. The van der Waals surface area contributed by atoms with Gasteiger partial charge in [0, 0.05) is 6.42 Å². The molecular formula is C11H15NO3. The zero-order chi connectivity index (χ0) is 11.3. The molecule has 1 atom stereocenters. The summed E-state index contributed by atoms with van der Waals surface area (Å²) in [6, 6.07) is 6.53. The van der Waals surface area contributed by atoms with E-state index in [1.54, 1.807) is 25.1 Å². The van der Waals surface area contributed by atoms with Gasteiger partial charge in [0.05, 0.1) is 11.8 Å². The maximum absolute atomic E-state index is 11.3. The highest BCUT2D eigenvalue weighted by atomic mass is 16.3. The molecule has 82 valence electrons. The molecule has 0 fully saturated rings. The summed E-state index contributed by atoms with van der Waals surface area (Å²) in [5.41, 5.74) is 0.396. The number of nitrogens with one attached hydrogen (secondary N) is 1. The molecular weight excluding hydrogens is 194 g/mol. The average Bonchev–Trinajstić information content (AvgIpc) is 2.18. The van der Waals surface area contributed by atoms with Gasteiger partial charge < -0.3 is 15.5 Å². The number of anilines is 1. The Kier molecular flexibility index (Phi) is 4.12. The first-order valence-electron chi connectivity index (χ1n) is 4.85. The molecule has 0 aromatic heterocycles. The van der Waals surface area contributed by atoms with E-state index in [9.17, 15) is 9.90 Å². The Balaban J connectivity index is 2.48. The fraction of sp³-hybridized carbons (Fsp3) is 0.364. The Morgan fingerprint density at radius 1 is 1.47 bits per heavy atom. The van der Waals surface area contributed by atoms with Crippen molar-refractivity contribution < 1.29 is 15.0 Å². The van der Waals surface area contributed by atoms with Crippen molar-refractivity contribution in [3.63, 3.8) is 0 Å². The van der Waals surface area contributed by atoms with Gasteiger partial charge in [-0.1, -0.05) is 12.1 Å². The van der Waals surface area contributed by atoms with Crippen molar-refractivity contribution in [2.24, 2.45) is 0 Å². The van der Waals surface area contributed by atoms with Crippen LogP contribution >= 0.6 is 0 Å². The lowest BCUT2D eigenvalue weighted by atomic mass is 10.2. The lowest BCUT2D eigenvalue weighted by Gasteiger charge is -2.07. The summed E-state index contributed by atoms with van der Waals surface area (Å²) in [6.07, 6.45) is 0.172. The predicted octanol–water partition coefficient (Wildman–Crippen LogP) is 1.49. The number of carbonyl (C=O) groups is 1. The van der Waals surface area contributed by atoms with Gasteiger partial charge in [-0.15, -0.1) is 0 Å². The fourth-order valence-electron chi connectivity index (χ4n) is 1.13. The largest absolute Gasteiger partial charge is 0.506 e. The summed E-state index contributed by atoms with van der Waals surface area (Å²) in [5, 5.41) is 20.9.